The fraction of sp³-hybridized carbons (Fsp3) is 0.533. The fourth-order valence-corrected chi connectivity index (χ4v) is 2.42. The van der Waals surface area contributed by atoms with Crippen LogP contribution < -0.4 is 4.74 Å². The molecule has 1 atom stereocenters. The predicted molar refractivity (Wildman–Crippen MR) is 77.6 cm³/mol. The summed E-state index contributed by atoms with van der Waals surface area (Å²) in [5, 5.41) is 8.26. The Morgan fingerprint density at radius 3 is 2.86 bits per heavy atom. The van der Waals surface area contributed by atoms with Crippen LogP contribution in [0.15, 0.2) is 16.5 Å². The third-order valence-corrected chi connectivity index (χ3v) is 3.70. The summed E-state index contributed by atoms with van der Waals surface area (Å²) >= 11 is 0. The van der Waals surface area contributed by atoms with Crippen molar-refractivity contribution in [1.82, 2.24) is 15.2 Å². The number of hydrogen-bond acceptors (Lipinski definition) is 7. The molecular formula is C15H19N3O4. The van der Waals surface area contributed by atoms with Gasteiger partial charge in [0.2, 0.25) is 5.88 Å². The number of ether oxygens (including phenoxy) is 3. The average Bonchev–Trinajstić information content (AvgIpc) is 3.17. The van der Waals surface area contributed by atoms with Gasteiger partial charge in [0.15, 0.2) is 5.60 Å². The second kappa shape index (κ2) is 6.02. The Hall–Kier alpha value is -1.99. The molecule has 7 nitrogen and oxygen atoms in total. The van der Waals surface area contributed by atoms with E-state index in [4.69, 9.17) is 18.6 Å². The Morgan fingerprint density at radius 2 is 2.18 bits per heavy atom. The van der Waals surface area contributed by atoms with Crippen molar-refractivity contribution in [2.45, 2.75) is 25.9 Å². The minimum Gasteiger partial charge on any atom is -0.477 e. The largest absolute Gasteiger partial charge is 0.477 e. The van der Waals surface area contributed by atoms with Crippen LogP contribution in [0, 0.1) is 6.92 Å². The Morgan fingerprint density at radius 1 is 1.32 bits per heavy atom. The van der Waals surface area contributed by atoms with E-state index in [0.29, 0.717) is 49.5 Å². The molecule has 0 aliphatic carbocycles. The molecule has 0 radical (unpaired) electrons. The predicted octanol–water partition coefficient (Wildman–Crippen LogP) is 2.10. The van der Waals surface area contributed by atoms with E-state index in [1.54, 1.807) is 7.11 Å². The zero-order chi connectivity index (χ0) is 15.6. The van der Waals surface area contributed by atoms with Crippen molar-refractivity contribution in [2.24, 2.45) is 0 Å². The van der Waals surface area contributed by atoms with Gasteiger partial charge in [-0.1, -0.05) is 0 Å². The summed E-state index contributed by atoms with van der Waals surface area (Å²) in [5.41, 5.74) is 0.885. The molecule has 0 N–H and O–H groups in total. The Balaban J connectivity index is 1.97. The van der Waals surface area contributed by atoms with Crippen molar-refractivity contribution in [3.05, 3.63) is 23.7 Å². The molecule has 0 amide bonds. The molecule has 3 heterocycles. The van der Waals surface area contributed by atoms with Crippen molar-refractivity contribution in [1.29, 1.82) is 0 Å². The molecular weight excluding hydrogens is 286 g/mol. The number of hydrogen-bond donors (Lipinski definition) is 0. The standard InChI is InChI=1S/C15H19N3O4/c1-4-21-12-11(6-5-10(2)16-12)13-17-18-14(22-13)15(19-3)7-8-20-9-15/h5-6H,4,7-9H2,1-3H3. The lowest BCUT2D eigenvalue weighted by atomic mass is 10.0. The number of pyridine rings is 1. The normalized spacial score (nSPS) is 21.2. The minimum atomic E-state index is -0.658. The maximum atomic E-state index is 5.83. The van der Waals surface area contributed by atoms with Gasteiger partial charge in [-0.2, -0.15) is 0 Å². The van der Waals surface area contributed by atoms with Crippen LogP contribution in [0.4, 0.5) is 0 Å². The quantitative estimate of drug-likeness (QED) is 0.836. The van der Waals surface area contributed by atoms with Crippen LogP contribution in [0.2, 0.25) is 0 Å². The van der Waals surface area contributed by atoms with Crippen molar-refractivity contribution in [3.8, 4) is 17.3 Å². The van der Waals surface area contributed by atoms with E-state index >= 15 is 0 Å². The first-order valence-corrected chi connectivity index (χ1v) is 7.26. The van der Waals surface area contributed by atoms with Crippen LogP contribution >= 0.6 is 0 Å². The van der Waals surface area contributed by atoms with Gasteiger partial charge in [0, 0.05) is 19.2 Å². The summed E-state index contributed by atoms with van der Waals surface area (Å²) in [5.74, 6) is 1.28. The molecule has 1 unspecified atom stereocenters. The molecule has 1 fully saturated rings. The van der Waals surface area contributed by atoms with Crippen LogP contribution in [-0.2, 0) is 15.1 Å². The zero-order valence-corrected chi connectivity index (χ0v) is 13.0. The van der Waals surface area contributed by atoms with E-state index < -0.39 is 5.60 Å². The third-order valence-electron chi connectivity index (χ3n) is 3.70. The van der Waals surface area contributed by atoms with Crippen molar-refractivity contribution in [3.63, 3.8) is 0 Å². The van der Waals surface area contributed by atoms with E-state index in [1.165, 1.54) is 0 Å². The van der Waals surface area contributed by atoms with E-state index in [1.807, 2.05) is 26.0 Å². The van der Waals surface area contributed by atoms with Crippen LogP contribution in [0.1, 0.15) is 24.9 Å². The fourth-order valence-electron chi connectivity index (χ4n) is 2.42. The van der Waals surface area contributed by atoms with Gasteiger partial charge >= 0.3 is 0 Å². The Kier molecular flexibility index (Phi) is 4.08. The molecule has 1 aliphatic rings. The third kappa shape index (κ3) is 2.57. The van der Waals surface area contributed by atoms with Crippen molar-refractivity contribution in [2.75, 3.05) is 26.9 Å². The highest BCUT2D eigenvalue weighted by atomic mass is 16.6. The van der Waals surface area contributed by atoms with Gasteiger partial charge in [0.05, 0.1) is 19.8 Å². The lowest BCUT2D eigenvalue weighted by Crippen LogP contribution is -2.29. The maximum absolute atomic E-state index is 5.83. The monoisotopic (exact) mass is 305 g/mol. The SMILES string of the molecule is CCOc1nc(C)ccc1-c1nnc(C2(OC)CCOC2)o1. The summed E-state index contributed by atoms with van der Waals surface area (Å²) in [7, 11) is 1.62. The molecule has 1 saturated heterocycles. The van der Waals surface area contributed by atoms with Gasteiger partial charge in [0.25, 0.3) is 11.8 Å². The first-order valence-electron chi connectivity index (χ1n) is 7.26. The first kappa shape index (κ1) is 14.9. The van der Waals surface area contributed by atoms with E-state index in [2.05, 4.69) is 15.2 Å². The summed E-state index contributed by atoms with van der Waals surface area (Å²) in [4.78, 5) is 4.38. The minimum absolute atomic E-state index is 0.370. The second-order valence-electron chi connectivity index (χ2n) is 5.15. The highest BCUT2D eigenvalue weighted by molar-refractivity contribution is 5.59. The highest BCUT2D eigenvalue weighted by Gasteiger charge is 2.42. The van der Waals surface area contributed by atoms with Gasteiger partial charge in [0.1, 0.15) is 5.56 Å². The summed E-state index contributed by atoms with van der Waals surface area (Å²) in [6.07, 6.45) is 0.690. The molecule has 22 heavy (non-hydrogen) atoms. The molecule has 7 heteroatoms. The highest BCUT2D eigenvalue weighted by Crippen LogP contribution is 2.35. The summed E-state index contributed by atoms with van der Waals surface area (Å²) < 4.78 is 22.4. The van der Waals surface area contributed by atoms with Gasteiger partial charge < -0.3 is 18.6 Å². The molecule has 0 saturated carbocycles. The van der Waals surface area contributed by atoms with Gasteiger partial charge in [-0.05, 0) is 26.0 Å². The number of methoxy groups -OCH3 is 1. The smallest absolute Gasteiger partial charge is 0.253 e. The molecule has 0 spiro atoms. The van der Waals surface area contributed by atoms with Gasteiger partial charge in [-0.15, -0.1) is 10.2 Å². The number of aromatic nitrogens is 3. The lowest BCUT2D eigenvalue weighted by Gasteiger charge is -2.20. The van der Waals surface area contributed by atoms with Crippen LogP contribution in [0.3, 0.4) is 0 Å². The van der Waals surface area contributed by atoms with Gasteiger partial charge in [-0.25, -0.2) is 4.98 Å². The van der Waals surface area contributed by atoms with Crippen LogP contribution in [0.25, 0.3) is 11.5 Å². The molecule has 3 rings (SSSR count). The number of aryl methyl sites for hydroxylation is 1. The first-order chi connectivity index (χ1) is 10.7. The van der Waals surface area contributed by atoms with Crippen molar-refractivity contribution < 1.29 is 18.6 Å². The average molecular weight is 305 g/mol. The van der Waals surface area contributed by atoms with Gasteiger partial charge in [-0.3, -0.25) is 0 Å². The molecule has 1 aliphatic heterocycles. The Labute approximate surface area is 128 Å². The van der Waals surface area contributed by atoms with E-state index in [-0.39, 0.29) is 0 Å². The zero-order valence-electron chi connectivity index (χ0n) is 13.0. The van der Waals surface area contributed by atoms with Crippen molar-refractivity contribution >= 4 is 0 Å². The molecule has 0 aromatic carbocycles. The van der Waals surface area contributed by atoms with E-state index in [0.717, 1.165) is 5.69 Å². The summed E-state index contributed by atoms with van der Waals surface area (Å²) in [6.45, 7) is 5.35. The topological polar surface area (TPSA) is 79.5 Å². The molecule has 2 aromatic heterocycles. The number of nitrogens with zero attached hydrogens (tertiary/aromatic N) is 3. The van der Waals surface area contributed by atoms with E-state index in [9.17, 15) is 0 Å². The maximum Gasteiger partial charge on any atom is 0.253 e. The molecule has 2 aromatic rings. The molecule has 118 valence electrons. The Bertz CT molecular complexity index is 650. The number of rotatable bonds is 5. The summed E-state index contributed by atoms with van der Waals surface area (Å²) in [6, 6.07) is 3.75. The van der Waals surface area contributed by atoms with Crippen LogP contribution in [0.5, 0.6) is 5.88 Å². The van der Waals surface area contributed by atoms with Crippen LogP contribution in [-0.4, -0.2) is 42.1 Å². The second-order valence-corrected chi connectivity index (χ2v) is 5.15. The lowest BCUT2D eigenvalue weighted by molar-refractivity contribution is -0.0407. The molecule has 0 bridgehead atoms.